The molecule has 1 rings (SSSR count). The molecule has 1 aromatic rings. The molecule has 0 aromatic carbocycles. The number of carbonyl (C=O) groups is 1. The molecule has 0 radical (unpaired) electrons. The summed E-state index contributed by atoms with van der Waals surface area (Å²) in [5, 5.41) is 4.06. The van der Waals surface area contributed by atoms with E-state index in [1.165, 1.54) is 0 Å². The summed E-state index contributed by atoms with van der Waals surface area (Å²) in [5.41, 5.74) is 0.726. The van der Waals surface area contributed by atoms with Crippen LogP contribution >= 0.6 is 0 Å². The first kappa shape index (κ1) is 13.7. The van der Waals surface area contributed by atoms with Gasteiger partial charge in [-0.2, -0.15) is 5.10 Å². The zero-order chi connectivity index (χ0) is 13.1. The van der Waals surface area contributed by atoms with Crippen LogP contribution in [0.5, 0.6) is 0 Å². The second-order valence-electron chi connectivity index (χ2n) is 5.17. The molecule has 0 unspecified atom stereocenters. The average Bonchev–Trinajstić information content (AvgIpc) is 2.59. The Morgan fingerprint density at radius 1 is 1.53 bits per heavy atom. The molecule has 0 atom stereocenters. The quantitative estimate of drug-likeness (QED) is 0.793. The van der Waals surface area contributed by atoms with E-state index in [2.05, 4.69) is 5.10 Å². The van der Waals surface area contributed by atoms with E-state index in [0.29, 0.717) is 6.54 Å². The van der Waals surface area contributed by atoms with Gasteiger partial charge in [0, 0.05) is 32.4 Å². The summed E-state index contributed by atoms with van der Waals surface area (Å²) in [5.74, 6) is -0.0243. The molecular formula is C12H21N3O2. The van der Waals surface area contributed by atoms with Gasteiger partial charge in [0.15, 0.2) is 0 Å². The van der Waals surface area contributed by atoms with Crippen LogP contribution in [-0.2, 0) is 23.1 Å². The third-order valence-electron chi connectivity index (χ3n) is 2.23. The van der Waals surface area contributed by atoms with Crippen molar-refractivity contribution in [1.29, 1.82) is 0 Å². The van der Waals surface area contributed by atoms with Crippen molar-refractivity contribution in [2.24, 2.45) is 7.05 Å². The highest BCUT2D eigenvalue weighted by Gasteiger charge is 2.15. The van der Waals surface area contributed by atoms with Crippen LogP contribution in [0.15, 0.2) is 12.4 Å². The molecule has 1 aromatic heterocycles. The Balaban J connectivity index is 2.42. The Labute approximate surface area is 102 Å². The van der Waals surface area contributed by atoms with Gasteiger partial charge in [0.2, 0.25) is 5.91 Å². The largest absolute Gasteiger partial charge is 0.366 e. The number of amides is 1. The zero-order valence-electron chi connectivity index (χ0n) is 11.2. The van der Waals surface area contributed by atoms with E-state index in [1.54, 1.807) is 22.8 Å². The minimum Gasteiger partial charge on any atom is -0.366 e. The molecule has 5 nitrogen and oxygen atoms in total. The van der Waals surface area contributed by atoms with Crippen molar-refractivity contribution < 1.29 is 9.53 Å². The molecule has 96 valence electrons. The second kappa shape index (κ2) is 5.31. The fourth-order valence-electron chi connectivity index (χ4n) is 1.30. The van der Waals surface area contributed by atoms with Crippen LogP contribution in [0.25, 0.3) is 0 Å². The fraction of sp³-hybridized carbons (Fsp3) is 0.667. The first-order valence-corrected chi connectivity index (χ1v) is 5.63. The highest BCUT2D eigenvalue weighted by Crippen LogP contribution is 2.07. The van der Waals surface area contributed by atoms with Gasteiger partial charge in [-0.1, -0.05) is 0 Å². The molecule has 1 heterocycles. The molecule has 17 heavy (non-hydrogen) atoms. The predicted octanol–water partition coefficient (Wildman–Crippen LogP) is 1.19. The molecule has 0 bridgehead atoms. The van der Waals surface area contributed by atoms with Crippen LogP contribution in [0.4, 0.5) is 0 Å². The Hall–Kier alpha value is -1.36. The van der Waals surface area contributed by atoms with E-state index in [0.717, 1.165) is 5.56 Å². The fourth-order valence-corrected chi connectivity index (χ4v) is 1.30. The smallest absolute Gasteiger partial charge is 0.248 e. The van der Waals surface area contributed by atoms with Crippen molar-refractivity contribution >= 4 is 5.91 Å². The lowest BCUT2D eigenvalue weighted by Gasteiger charge is -2.22. The summed E-state index contributed by atoms with van der Waals surface area (Å²) in [6.45, 7) is 6.46. The summed E-state index contributed by atoms with van der Waals surface area (Å²) in [6.07, 6.45) is 3.66. The number of aromatic nitrogens is 2. The van der Waals surface area contributed by atoms with E-state index in [4.69, 9.17) is 4.74 Å². The molecule has 0 N–H and O–H groups in total. The Morgan fingerprint density at radius 3 is 2.65 bits per heavy atom. The number of carbonyl (C=O) groups excluding carboxylic acids is 1. The Kier molecular flexibility index (Phi) is 4.28. The predicted molar refractivity (Wildman–Crippen MR) is 65.4 cm³/mol. The number of hydrogen-bond acceptors (Lipinski definition) is 3. The van der Waals surface area contributed by atoms with E-state index >= 15 is 0 Å². The van der Waals surface area contributed by atoms with Crippen LogP contribution in [0.1, 0.15) is 26.3 Å². The third kappa shape index (κ3) is 4.99. The molecule has 0 aliphatic carbocycles. The number of rotatable bonds is 4. The molecule has 0 saturated carbocycles. The van der Waals surface area contributed by atoms with E-state index in [1.807, 2.05) is 34.0 Å². The van der Waals surface area contributed by atoms with Crippen LogP contribution in [0.2, 0.25) is 0 Å². The van der Waals surface area contributed by atoms with Crippen molar-refractivity contribution in [3.8, 4) is 0 Å². The van der Waals surface area contributed by atoms with Gasteiger partial charge in [-0.3, -0.25) is 9.48 Å². The number of aryl methyl sites for hydroxylation is 1. The molecule has 0 aliphatic rings. The highest BCUT2D eigenvalue weighted by molar-refractivity contribution is 5.77. The average molecular weight is 239 g/mol. The topological polar surface area (TPSA) is 47.4 Å². The summed E-state index contributed by atoms with van der Waals surface area (Å²) < 4.78 is 7.16. The van der Waals surface area contributed by atoms with E-state index < -0.39 is 0 Å². The highest BCUT2D eigenvalue weighted by atomic mass is 16.5. The maximum Gasteiger partial charge on any atom is 0.248 e. The van der Waals surface area contributed by atoms with Gasteiger partial charge in [0.05, 0.1) is 11.8 Å². The first-order valence-electron chi connectivity index (χ1n) is 5.63. The van der Waals surface area contributed by atoms with Gasteiger partial charge in [-0.05, 0) is 20.8 Å². The normalized spacial score (nSPS) is 11.6. The van der Waals surface area contributed by atoms with Gasteiger partial charge in [0.1, 0.15) is 6.61 Å². The minimum atomic E-state index is -0.287. The SMILES string of the molecule is CN(Cc1cnn(C)c1)C(=O)COC(C)(C)C. The summed E-state index contributed by atoms with van der Waals surface area (Å²) >= 11 is 0. The standard InChI is InChI=1S/C12H21N3O2/c1-12(2,3)17-9-11(16)14(4)7-10-6-13-15(5)8-10/h6,8H,7,9H2,1-5H3. The molecule has 0 aliphatic heterocycles. The summed E-state index contributed by atoms with van der Waals surface area (Å²) in [4.78, 5) is 13.4. The number of nitrogens with zero attached hydrogens (tertiary/aromatic N) is 3. The van der Waals surface area contributed by atoms with Crippen molar-refractivity contribution in [3.63, 3.8) is 0 Å². The lowest BCUT2D eigenvalue weighted by Crippen LogP contribution is -2.33. The Bertz CT molecular complexity index is 379. The van der Waals surface area contributed by atoms with Crippen LogP contribution in [-0.4, -0.2) is 39.8 Å². The number of ether oxygens (including phenoxy) is 1. The van der Waals surface area contributed by atoms with E-state index in [9.17, 15) is 4.79 Å². The van der Waals surface area contributed by atoms with Gasteiger partial charge < -0.3 is 9.64 Å². The van der Waals surface area contributed by atoms with Crippen molar-refractivity contribution in [1.82, 2.24) is 14.7 Å². The third-order valence-corrected chi connectivity index (χ3v) is 2.23. The Morgan fingerprint density at radius 2 is 2.18 bits per heavy atom. The first-order chi connectivity index (χ1) is 7.78. The summed E-state index contributed by atoms with van der Waals surface area (Å²) in [6, 6.07) is 0. The zero-order valence-corrected chi connectivity index (χ0v) is 11.2. The van der Waals surface area contributed by atoms with Crippen molar-refractivity contribution in [2.45, 2.75) is 32.9 Å². The monoisotopic (exact) mass is 239 g/mol. The van der Waals surface area contributed by atoms with Gasteiger partial charge in [-0.25, -0.2) is 0 Å². The molecule has 0 saturated heterocycles. The lowest BCUT2D eigenvalue weighted by molar-refractivity contribution is -0.140. The molecule has 0 fully saturated rings. The van der Waals surface area contributed by atoms with Crippen LogP contribution < -0.4 is 0 Å². The summed E-state index contributed by atoms with van der Waals surface area (Å²) in [7, 11) is 3.62. The number of likely N-dealkylation sites (N-methyl/N-ethyl adjacent to an activating group) is 1. The second-order valence-corrected chi connectivity index (χ2v) is 5.17. The molecule has 5 heteroatoms. The molecule has 1 amide bonds. The van der Waals surface area contributed by atoms with Crippen molar-refractivity contribution in [3.05, 3.63) is 18.0 Å². The molecule has 0 spiro atoms. The number of hydrogen-bond donors (Lipinski definition) is 0. The molecular weight excluding hydrogens is 218 g/mol. The van der Waals surface area contributed by atoms with Crippen molar-refractivity contribution in [2.75, 3.05) is 13.7 Å². The minimum absolute atomic E-state index is 0.0243. The van der Waals surface area contributed by atoms with Crippen LogP contribution in [0.3, 0.4) is 0 Å². The lowest BCUT2D eigenvalue weighted by atomic mass is 10.2. The maximum atomic E-state index is 11.8. The van der Waals surface area contributed by atoms with E-state index in [-0.39, 0.29) is 18.1 Å². The van der Waals surface area contributed by atoms with Gasteiger partial charge in [0.25, 0.3) is 0 Å². The van der Waals surface area contributed by atoms with Crippen LogP contribution in [0, 0.1) is 0 Å². The maximum absolute atomic E-state index is 11.8. The van der Waals surface area contributed by atoms with Gasteiger partial charge in [-0.15, -0.1) is 0 Å². The van der Waals surface area contributed by atoms with Gasteiger partial charge >= 0.3 is 0 Å².